The van der Waals surface area contributed by atoms with E-state index in [0.717, 1.165) is 35.7 Å². The third kappa shape index (κ3) is 5.61. The van der Waals surface area contributed by atoms with E-state index in [2.05, 4.69) is 46.1 Å². The Kier molecular flexibility index (Phi) is 8.19. The summed E-state index contributed by atoms with van der Waals surface area (Å²) in [5.74, 6) is 0. The molecule has 0 fully saturated rings. The Labute approximate surface area is 164 Å². The summed E-state index contributed by atoms with van der Waals surface area (Å²) in [5.41, 5.74) is 3.07. The maximum atomic E-state index is 10.8. The Balaban J connectivity index is 2.16. The number of carbonyl (C=O) groups excluding carboxylic acids is 1. The lowest BCUT2D eigenvalue weighted by molar-refractivity contribution is 0.112. The molecule has 0 spiro atoms. The van der Waals surface area contributed by atoms with Crippen LogP contribution >= 0.6 is 22.9 Å². The molecular weight excluding hydrogens is 368 g/mol. The summed E-state index contributed by atoms with van der Waals surface area (Å²) in [5, 5.41) is 8.94. The molecule has 0 aliphatic rings. The van der Waals surface area contributed by atoms with Crippen LogP contribution in [0.1, 0.15) is 54.8 Å². The van der Waals surface area contributed by atoms with E-state index in [-0.39, 0.29) is 5.15 Å². The number of nitrogens with zero attached hydrogens (tertiary/aromatic N) is 4. The van der Waals surface area contributed by atoms with Crippen molar-refractivity contribution in [1.29, 1.82) is 0 Å². The zero-order chi connectivity index (χ0) is 18.9. The van der Waals surface area contributed by atoms with Crippen LogP contribution in [0, 0.1) is 6.92 Å². The lowest BCUT2D eigenvalue weighted by atomic mass is 10.1. The molecule has 2 aromatic rings. The molecule has 1 aromatic heterocycles. The largest absolute Gasteiger partial charge is 0.372 e. The SMILES string of the molecule is CCCCN(CCCC)c1ccc(N=Nc2nc(Cl)c(C=O)s2)c(C)c1. The molecule has 2 rings (SSSR count). The first-order valence-electron chi connectivity index (χ1n) is 8.97. The van der Waals surface area contributed by atoms with Crippen molar-refractivity contribution in [2.45, 2.75) is 46.5 Å². The van der Waals surface area contributed by atoms with Gasteiger partial charge in [-0.05, 0) is 43.5 Å². The van der Waals surface area contributed by atoms with Gasteiger partial charge in [-0.25, -0.2) is 4.98 Å². The molecule has 0 amide bonds. The second-order valence-electron chi connectivity index (χ2n) is 6.13. The minimum atomic E-state index is 0.175. The second-order valence-corrected chi connectivity index (χ2v) is 7.50. The highest BCUT2D eigenvalue weighted by atomic mass is 35.5. The van der Waals surface area contributed by atoms with Gasteiger partial charge in [-0.1, -0.05) is 49.6 Å². The van der Waals surface area contributed by atoms with E-state index < -0.39 is 0 Å². The first kappa shape index (κ1) is 20.5. The van der Waals surface area contributed by atoms with Crippen LogP contribution < -0.4 is 4.90 Å². The molecule has 5 nitrogen and oxygen atoms in total. The Morgan fingerprint density at radius 2 is 1.88 bits per heavy atom. The molecule has 26 heavy (non-hydrogen) atoms. The van der Waals surface area contributed by atoms with E-state index >= 15 is 0 Å². The van der Waals surface area contributed by atoms with E-state index in [0.29, 0.717) is 16.3 Å². The number of thiazole rings is 1. The van der Waals surface area contributed by atoms with Crippen LogP contribution in [-0.4, -0.2) is 24.4 Å². The van der Waals surface area contributed by atoms with E-state index in [9.17, 15) is 4.79 Å². The summed E-state index contributed by atoms with van der Waals surface area (Å²) in [6, 6.07) is 6.23. The van der Waals surface area contributed by atoms with Gasteiger partial charge < -0.3 is 4.90 Å². The molecule has 0 unspecified atom stereocenters. The number of azo groups is 1. The molecular formula is C19H25ClN4OS. The predicted molar refractivity (Wildman–Crippen MR) is 110 cm³/mol. The summed E-state index contributed by atoms with van der Waals surface area (Å²) in [4.78, 5) is 17.7. The van der Waals surface area contributed by atoms with Crippen LogP contribution in [0.15, 0.2) is 28.4 Å². The van der Waals surface area contributed by atoms with Gasteiger partial charge in [0.1, 0.15) is 4.88 Å². The first-order chi connectivity index (χ1) is 12.6. The maximum Gasteiger partial charge on any atom is 0.232 e. The van der Waals surface area contributed by atoms with Crippen molar-refractivity contribution in [2.24, 2.45) is 10.2 Å². The monoisotopic (exact) mass is 392 g/mol. The number of hydrogen-bond donors (Lipinski definition) is 0. The number of anilines is 1. The number of rotatable bonds is 10. The zero-order valence-corrected chi connectivity index (χ0v) is 17.1. The van der Waals surface area contributed by atoms with Gasteiger partial charge in [0, 0.05) is 18.8 Å². The van der Waals surface area contributed by atoms with Crippen molar-refractivity contribution in [3.8, 4) is 0 Å². The molecule has 7 heteroatoms. The average molecular weight is 393 g/mol. The highest BCUT2D eigenvalue weighted by molar-refractivity contribution is 7.17. The molecule has 140 valence electrons. The fraction of sp³-hybridized carbons (Fsp3) is 0.474. The van der Waals surface area contributed by atoms with Crippen LogP contribution in [0.5, 0.6) is 0 Å². The van der Waals surface area contributed by atoms with Crippen molar-refractivity contribution in [2.75, 3.05) is 18.0 Å². The van der Waals surface area contributed by atoms with Crippen LogP contribution in [0.2, 0.25) is 5.15 Å². The van der Waals surface area contributed by atoms with Crippen molar-refractivity contribution in [3.63, 3.8) is 0 Å². The van der Waals surface area contributed by atoms with Crippen molar-refractivity contribution < 1.29 is 4.79 Å². The van der Waals surface area contributed by atoms with E-state index in [1.165, 1.54) is 31.4 Å². The standard InChI is InChI=1S/C19H25ClN4OS/c1-4-6-10-24(11-7-5-2)15-8-9-16(14(3)12-15)22-23-19-21-18(20)17(13-25)26-19/h8-9,12-13H,4-7,10-11H2,1-3H3. The molecule has 0 saturated carbocycles. The predicted octanol–water partition coefficient (Wildman–Crippen LogP) is 6.74. The van der Waals surface area contributed by atoms with Crippen LogP contribution in [0.3, 0.4) is 0 Å². The summed E-state index contributed by atoms with van der Waals surface area (Å²) in [7, 11) is 0. The molecule has 0 saturated heterocycles. The molecule has 0 N–H and O–H groups in total. The molecule has 0 atom stereocenters. The summed E-state index contributed by atoms with van der Waals surface area (Å²) >= 11 is 6.99. The van der Waals surface area contributed by atoms with Crippen LogP contribution in [0.25, 0.3) is 0 Å². The fourth-order valence-corrected chi connectivity index (χ4v) is 3.41. The quantitative estimate of drug-likeness (QED) is 0.332. The number of unbranched alkanes of at least 4 members (excludes halogenated alkanes) is 2. The lowest BCUT2D eigenvalue weighted by Gasteiger charge is -2.25. The highest BCUT2D eigenvalue weighted by Gasteiger charge is 2.09. The Bertz CT molecular complexity index is 752. The number of aryl methyl sites for hydroxylation is 1. The maximum absolute atomic E-state index is 10.8. The molecule has 0 bridgehead atoms. The van der Waals surface area contributed by atoms with Crippen LogP contribution in [0.4, 0.5) is 16.5 Å². The van der Waals surface area contributed by atoms with Gasteiger partial charge in [-0.15, -0.1) is 10.2 Å². The smallest absolute Gasteiger partial charge is 0.232 e. The summed E-state index contributed by atoms with van der Waals surface area (Å²) in [6.07, 6.45) is 5.43. The van der Waals surface area contributed by atoms with Crippen molar-refractivity contribution >= 4 is 45.7 Å². The lowest BCUT2D eigenvalue weighted by Crippen LogP contribution is -2.25. The molecule has 0 aliphatic carbocycles. The summed E-state index contributed by atoms with van der Waals surface area (Å²) in [6.45, 7) is 8.61. The van der Waals surface area contributed by atoms with E-state index in [1.807, 2.05) is 13.0 Å². The summed E-state index contributed by atoms with van der Waals surface area (Å²) < 4.78 is 0. The molecule has 0 radical (unpaired) electrons. The number of aldehydes is 1. The van der Waals surface area contributed by atoms with Gasteiger partial charge in [0.25, 0.3) is 0 Å². The molecule has 0 aliphatic heterocycles. The van der Waals surface area contributed by atoms with Gasteiger partial charge in [-0.2, -0.15) is 0 Å². The topological polar surface area (TPSA) is 57.9 Å². The first-order valence-corrected chi connectivity index (χ1v) is 10.2. The van der Waals surface area contributed by atoms with Crippen molar-refractivity contribution in [1.82, 2.24) is 4.98 Å². The van der Waals surface area contributed by atoms with Gasteiger partial charge in [0.05, 0.1) is 5.69 Å². The Morgan fingerprint density at radius 3 is 2.42 bits per heavy atom. The van der Waals surface area contributed by atoms with E-state index in [1.54, 1.807) is 0 Å². The zero-order valence-electron chi connectivity index (χ0n) is 15.5. The van der Waals surface area contributed by atoms with E-state index in [4.69, 9.17) is 11.6 Å². The van der Waals surface area contributed by atoms with Gasteiger partial charge in [0.15, 0.2) is 11.4 Å². The third-order valence-corrected chi connectivity index (χ3v) is 5.32. The molecule has 1 heterocycles. The number of aromatic nitrogens is 1. The Hall–Kier alpha value is -1.79. The normalized spacial score (nSPS) is 11.2. The molecule has 1 aromatic carbocycles. The fourth-order valence-electron chi connectivity index (χ4n) is 2.53. The average Bonchev–Trinajstić information content (AvgIpc) is 3.00. The van der Waals surface area contributed by atoms with Gasteiger partial charge >= 0.3 is 0 Å². The number of halogens is 1. The van der Waals surface area contributed by atoms with Gasteiger partial charge in [0.2, 0.25) is 5.13 Å². The minimum absolute atomic E-state index is 0.175. The van der Waals surface area contributed by atoms with Gasteiger partial charge in [-0.3, -0.25) is 4.79 Å². The number of benzene rings is 1. The minimum Gasteiger partial charge on any atom is -0.372 e. The Morgan fingerprint density at radius 1 is 1.19 bits per heavy atom. The highest BCUT2D eigenvalue weighted by Crippen LogP contribution is 2.31. The number of carbonyl (C=O) groups is 1. The van der Waals surface area contributed by atoms with Crippen LogP contribution in [-0.2, 0) is 0 Å². The van der Waals surface area contributed by atoms with Crippen molar-refractivity contribution in [3.05, 3.63) is 33.8 Å². The third-order valence-electron chi connectivity index (χ3n) is 4.06. The number of hydrogen-bond acceptors (Lipinski definition) is 6. The second kappa shape index (κ2) is 10.4.